The minimum Gasteiger partial charge on any atom is -0.394 e. The van der Waals surface area contributed by atoms with Crippen molar-refractivity contribution in [3.05, 3.63) is 23.8 Å². The summed E-state index contributed by atoms with van der Waals surface area (Å²) < 4.78 is 10.4. The third-order valence-electron chi connectivity index (χ3n) is 3.71. The average Bonchev–Trinajstić information content (AvgIpc) is 2.75. The fraction of sp³-hybridized carbons (Fsp3) is 0.643. The van der Waals surface area contributed by atoms with Gasteiger partial charge in [0.05, 0.1) is 6.61 Å². The van der Waals surface area contributed by atoms with Crippen LogP contribution in [0, 0.1) is 0 Å². The molecule has 5 N–H and O–H groups in total. The first kappa shape index (κ1) is 17.2. The van der Waals surface area contributed by atoms with Crippen LogP contribution in [-0.4, -0.2) is 80.8 Å². The van der Waals surface area contributed by atoms with Gasteiger partial charge in [0.15, 0.2) is 18.2 Å². The van der Waals surface area contributed by atoms with Crippen LogP contribution in [0.15, 0.2) is 23.8 Å². The van der Waals surface area contributed by atoms with Gasteiger partial charge in [-0.15, -0.1) is 0 Å². The molecule has 1 aliphatic heterocycles. The molecule has 0 aromatic carbocycles. The van der Waals surface area contributed by atoms with Crippen LogP contribution in [-0.2, 0) is 14.3 Å². The van der Waals surface area contributed by atoms with Gasteiger partial charge in [-0.05, 0) is 18.6 Å². The van der Waals surface area contributed by atoms with E-state index in [1.165, 1.54) is 6.08 Å². The summed E-state index contributed by atoms with van der Waals surface area (Å²) in [4.78, 5) is 11.9. The smallest absolute Gasteiger partial charge is 0.187 e. The number of carbonyl (C=O) groups excluding carboxylic acids is 1. The topological polar surface area (TPSA) is 137 Å². The number of aliphatic hydroxyl groups excluding tert-OH is 5. The minimum absolute atomic E-state index is 0.363. The van der Waals surface area contributed by atoms with Crippen LogP contribution < -0.4 is 0 Å². The van der Waals surface area contributed by atoms with Crippen LogP contribution >= 0.6 is 0 Å². The van der Waals surface area contributed by atoms with E-state index < -0.39 is 55.3 Å². The molecule has 7 atom stereocenters. The second-order valence-corrected chi connectivity index (χ2v) is 5.25. The van der Waals surface area contributed by atoms with Crippen molar-refractivity contribution in [3.8, 4) is 0 Å². The van der Waals surface area contributed by atoms with E-state index in [9.17, 15) is 25.2 Å². The Hall–Kier alpha value is -1.13. The molecule has 0 aromatic rings. The number of ether oxygens (including phenoxy) is 2. The molecular formula is C14H20O8. The molecule has 0 saturated carbocycles. The van der Waals surface area contributed by atoms with E-state index in [4.69, 9.17) is 14.6 Å². The average molecular weight is 316 g/mol. The Kier molecular flexibility index (Phi) is 5.45. The van der Waals surface area contributed by atoms with Gasteiger partial charge in [-0.25, -0.2) is 0 Å². The molecule has 1 aliphatic carbocycles. The third kappa shape index (κ3) is 3.13. The fourth-order valence-electron chi connectivity index (χ4n) is 2.47. The van der Waals surface area contributed by atoms with E-state index in [1.807, 2.05) is 0 Å². The monoisotopic (exact) mass is 316 g/mol. The number of carbonyl (C=O) groups is 1. The molecule has 2 rings (SSSR count). The van der Waals surface area contributed by atoms with Crippen LogP contribution in [0.3, 0.4) is 0 Å². The Morgan fingerprint density at radius 1 is 1.23 bits per heavy atom. The lowest BCUT2D eigenvalue weighted by atomic mass is 9.99. The molecule has 0 bridgehead atoms. The highest BCUT2D eigenvalue weighted by Gasteiger charge is 2.47. The molecule has 2 aliphatic rings. The number of ketones is 1. The van der Waals surface area contributed by atoms with Gasteiger partial charge < -0.3 is 35.0 Å². The second-order valence-electron chi connectivity index (χ2n) is 5.25. The van der Waals surface area contributed by atoms with Gasteiger partial charge in [0.1, 0.15) is 30.5 Å². The zero-order valence-electron chi connectivity index (χ0n) is 11.9. The van der Waals surface area contributed by atoms with Crippen molar-refractivity contribution < 1.29 is 39.8 Å². The largest absolute Gasteiger partial charge is 0.394 e. The van der Waals surface area contributed by atoms with Crippen LogP contribution in [0.5, 0.6) is 0 Å². The van der Waals surface area contributed by atoms with Crippen LogP contribution in [0.1, 0.15) is 6.92 Å². The van der Waals surface area contributed by atoms with E-state index in [1.54, 1.807) is 19.1 Å². The van der Waals surface area contributed by atoms with Gasteiger partial charge in [0.25, 0.3) is 0 Å². The Balaban J connectivity index is 2.08. The molecule has 8 nitrogen and oxygen atoms in total. The Labute approximate surface area is 126 Å². The number of allylic oxidation sites excluding steroid dienone is 1. The maximum atomic E-state index is 11.9. The Morgan fingerprint density at radius 2 is 1.91 bits per heavy atom. The van der Waals surface area contributed by atoms with Crippen molar-refractivity contribution >= 4 is 5.78 Å². The first-order chi connectivity index (χ1) is 10.4. The van der Waals surface area contributed by atoms with E-state index in [0.717, 1.165) is 0 Å². The predicted octanol–water partition coefficient (Wildman–Crippen LogP) is -2.38. The van der Waals surface area contributed by atoms with Gasteiger partial charge in [-0.1, -0.05) is 12.2 Å². The molecular weight excluding hydrogens is 296 g/mol. The van der Waals surface area contributed by atoms with Crippen molar-refractivity contribution in [2.24, 2.45) is 0 Å². The summed E-state index contributed by atoms with van der Waals surface area (Å²) in [5, 5.41) is 48.3. The molecule has 1 fully saturated rings. The van der Waals surface area contributed by atoms with Gasteiger partial charge >= 0.3 is 0 Å². The molecule has 0 radical (unpaired) electrons. The van der Waals surface area contributed by atoms with Crippen molar-refractivity contribution in [1.29, 1.82) is 0 Å². The predicted molar refractivity (Wildman–Crippen MR) is 72.6 cm³/mol. The molecule has 1 heterocycles. The molecule has 22 heavy (non-hydrogen) atoms. The Morgan fingerprint density at radius 3 is 2.50 bits per heavy atom. The van der Waals surface area contributed by atoms with Gasteiger partial charge in [-0.3, -0.25) is 4.79 Å². The lowest BCUT2D eigenvalue weighted by Gasteiger charge is -2.40. The normalized spacial score (nSPS) is 42.9. The maximum Gasteiger partial charge on any atom is 0.187 e. The van der Waals surface area contributed by atoms with E-state index in [2.05, 4.69) is 0 Å². The Bertz CT molecular complexity index is 471. The minimum atomic E-state index is -1.62. The quantitative estimate of drug-likeness (QED) is 0.388. The molecule has 0 aromatic heterocycles. The number of hydrogen-bond acceptors (Lipinski definition) is 8. The molecule has 0 amide bonds. The van der Waals surface area contributed by atoms with Gasteiger partial charge in [0.2, 0.25) is 0 Å². The highest BCUT2D eigenvalue weighted by molar-refractivity contribution is 5.98. The summed E-state index contributed by atoms with van der Waals surface area (Å²) in [6.45, 7) is 1.12. The standard InChI is InChI=1S/C14H20O8/c1-2-3-6-4-7(16)13(9(6)17)22-14-12(20)11(19)10(18)8(5-15)21-14/h2-4,8-15,17-20H,5H2,1H3. The van der Waals surface area contributed by atoms with E-state index in [0.29, 0.717) is 5.57 Å². The molecule has 1 saturated heterocycles. The zero-order valence-corrected chi connectivity index (χ0v) is 11.9. The highest BCUT2D eigenvalue weighted by atomic mass is 16.7. The lowest BCUT2D eigenvalue weighted by Crippen LogP contribution is -2.60. The van der Waals surface area contributed by atoms with E-state index >= 15 is 0 Å². The summed E-state index contributed by atoms with van der Waals surface area (Å²) in [5.41, 5.74) is 0.363. The third-order valence-corrected chi connectivity index (χ3v) is 3.71. The van der Waals surface area contributed by atoms with Crippen LogP contribution in [0.4, 0.5) is 0 Å². The zero-order chi connectivity index (χ0) is 16.4. The number of hydrogen-bond donors (Lipinski definition) is 5. The van der Waals surface area contributed by atoms with Crippen molar-refractivity contribution in [1.82, 2.24) is 0 Å². The van der Waals surface area contributed by atoms with Gasteiger partial charge in [0, 0.05) is 0 Å². The van der Waals surface area contributed by atoms with Crippen LogP contribution in [0.2, 0.25) is 0 Å². The van der Waals surface area contributed by atoms with Crippen molar-refractivity contribution in [2.75, 3.05) is 6.61 Å². The first-order valence-electron chi connectivity index (χ1n) is 6.92. The number of aliphatic hydroxyl groups is 5. The first-order valence-corrected chi connectivity index (χ1v) is 6.92. The summed E-state index contributed by atoms with van der Waals surface area (Å²) >= 11 is 0. The summed E-state index contributed by atoms with van der Waals surface area (Å²) in [6.07, 6.45) is -5.42. The van der Waals surface area contributed by atoms with Crippen molar-refractivity contribution in [2.45, 2.75) is 49.8 Å². The fourth-order valence-corrected chi connectivity index (χ4v) is 2.47. The maximum absolute atomic E-state index is 11.9. The molecule has 124 valence electrons. The molecule has 8 heteroatoms. The summed E-state index contributed by atoms with van der Waals surface area (Å²) in [7, 11) is 0. The summed E-state index contributed by atoms with van der Waals surface area (Å²) in [5.74, 6) is -0.502. The lowest BCUT2D eigenvalue weighted by molar-refractivity contribution is -0.311. The van der Waals surface area contributed by atoms with Gasteiger partial charge in [-0.2, -0.15) is 0 Å². The SMILES string of the molecule is CC=CC1=CC(=O)C(OC2OC(CO)C(O)C(O)C2O)C1O. The van der Waals surface area contributed by atoms with Crippen molar-refractivity contribution in [3.63, 3.8) is 0 Å². The highest BCUT2D eigenvalue weighted by Crippen LogP contribution is 2.27. The molecule has 7 unspecified atom stereocenters. The molecule has 0 spiro atoms. The number of rotatable bonds is 4. The van der Waals surface area contributed by atoms with E-state index in [-0.39, 0.29) is 0 Å². The second kappa shape index (κ2) is 6.97. The summed E-state index contributed by atoms with van der Waals surface area (Å²) in [6, 6.07) is 0. The van der Waals surface area contributed by atoms with Crippen LogP contribution in [0.25, 0.3) is 0 Å².